The molecule has 1 aliphatic heterocycles. The fourth-order valence-electron chi connectivity index (χ4n) is 3.19. The summed E-state index contributed by atoms with van der Waals surface area (Å²) in [7, 11) is -3.55. The second-order valence-corrected chi connectivity index (χ2v) is 9.52. The summed E-state index contributed by atoms with van der Waals surface area (Å²) in [6, 6.07) is 6.67. The number of rotatable bonds is 8. The van der Waals surface area contributed by atoms with Gasteiger partial charge in [-0.25, -0.2) is 13.1 Å². The average Bonchev–Trinajstić information content (AvgIpc) is 3.08. The maximum atomic E-state index is 12.8. The third-order valence-electron chi connectivity index (χ3n) is 4.77. The minimum absolute atomic E-state index is 0.210. The first kappa shape index (κ1) is 21.1. The molecule has 2 aromatic rings. The molecule has 0 spiro atoms. The Balaban J connectivity index is 1.80. The molecule has 0 radical (unpaired) electrons. The molecule has 154 valence electrons. The Morgan fingerprint density at radius 2 is 2.07 bits per heavy atom. The van der Waals surface area contributed by atoms with Crippen LogP contribution in [0.3, 0.4) is 0 Å². The zero-order chi connectivity index (χ0) is 20.1. The molecule has 1 aliphatic rings. The van der Waals surface area contributed by atoms with E-state index in [0.29, 0.717) is 29.6 Å². The summed E-state index contributed by atoms with van der Waals surface area (Å²) >= 11 is 1.50. The van der Waals surface area contributed by atoms with E-state index < -0.39 is 10.0 Å². The third-order valence-corrected chi connectivity index (χ3v) is 7.89. The molecule has 2 N–H and O–H groups in total. The summed E-state index contributed by atoms with van der Waals surface area (Å²) in [6.45, 7) is 5.28. The molecule has 0 amide bonds. The van der Waals surface area contributed by atoms with Crippen molar-refractivity contribution in [3.05, 3.63) is 24.3 Å². The molecule has 0 aliphatic carbocycles. The van der Waals surface area contributed by atoms with E-state index in [2.05, 4.69) is 10.2 Å². The van der Waals surface area contributed by atoms with Crippen molar-refractivity contribution in [1.82, 2.24) is 19.2 Å². The van der Waals surface area contributed by atoms with Gasteiger partial charge in [-0.15, -0.1) is 10.2 Å². The molecule has 1 aromatic heterocycles. The standard InChI is InChI=1S/C18H27N5O3S2/c1-3-22(4-2)28(24,25)16-10-7-8-14(12-16)17-20-21-18(23(17)19)27-13-15-9-5-6-11-26-15/h7-8,10,12,15H,3-6,9,11,13,19H2,1-2H3. The monoisotopic (exact) mass is 425 g/mol. The molecule has 2 heterocycles. The number of nitrogen functional groups attached to an aromatic ring is 1. The van der Waals surface area contributed by atoms with E-state index in [-0.39, 0.29) is 11.0 Å². The second kappa shape index (κ2) is 9.25. The van der Waals surface area contributed by atoms with Gasteiger partial charge in [0.05, 0.1) is 11.0 Å². The van der Waals surface area contributed by atoms with Crippen molar-refractivity contribution >= 4 is 21.8 Å². The molecule has 8 nitrogen and oxygen atoms in total. The molecule has 0 bridgehead atoms. The first-order valence-electron chi connectivity index (χ1n) is 9.52. The maximum absolute atomic E-state index is 12.8. The van der Waals surface area contributed by atoms with Gasteiger partial charge in [-0.05, 0) is 31.4 Å². The molecule has 3 rings (SSSR count). The van der Waals surface area contributed by atoms with Gasteiger partial charge in [0.2, 0.25) is 15.2 Å². The molecule has 10 heteroatoms. The van der Waals surface area contributed by atoms with Crippen LogP contribution in [0, 0.1) is 0 Å². The van der Waals surface area contributed by atoms with Crippen LogP contribution >= 0.6 is 11.8 Å². The van der Waals surface area contributed by atoms with Crippen molar-refractivity contribution in [3.63, 3.8) is 0 Å². The highest BCUT2D eigenvalue weighted by atomic mass is 32.2. The van der Waals surface area contributed by atoms with Gasteiger partial charge in [0.25, 0.3) is 0 Å². The van der Waals surface area contributed by atoms with Crippen LogP contribution in [0.15, 0.2) is 34.3 Å². The molecular weight excluding hydrogens is 398 g/mol. The lowest BCUT2D eigenvalue weighted by Gasteiger charge is -2.21. The van der Waals surface area contributed by atoms with Crippen LogP contribution in [0.5, 0.6) is 0 Å². The Kier molecular flexibility index (Phi) is 6.97. The van der Waals surface area contributed by atoms with Crippen LogP contribution in [0.1, 0.15) is 33.1 Å². The van der Waals surface area contributed by atoms with Gasteiger partial charge in [0.15, 0.2) is 5.82 Å². The summed E-state index contributed by atoms with van der Waals surface area (Å²) in [5.41, 5.74) is 0.615. The summed E-state index contributed by atoms with van der Waals surface area (Å²) in [5.74, 6) is 7.40. The van der Waals surface area contributed by atoms with Crippen molar-refractivity contribution in [2.75, 3.05) is 31.3 Å². The number of hydrogen-bond acceptors (Lipinski definition) is 7. The van der Waals surface area contributed by atoms with Crippen molar-refractivity contribution in [3.8, 4) is 11.4 Å². The highest BCUT2D eigenvalue weighted by Crippen LogP contribution is 2.26. The second-order valence-electron chi connectivity index (χ2n) is 6.59. The predicted octanol–water partition coefficient (Wildman–Crippen LogP) is 2.35. The number of ether oxygens (including phenoxy) is 1. The highest BCUT2D eigenvalue weighted by molar-refractivity contribution is 7.99. The molecular formula is C18H27N5O3S2. The van der Waals surface area contributed by atoms with Gasteiger partial charge in [-0.2, -0.15) is 4.31 Å². The summed E-state index contributed by atoms with van der Waals surface area (Å²) in [6.07, 6.45) is 3.55. The van der Waals surface area contributed by atoms with E-state index in [1.807, 2.05) is 13.8 Å². The highest BCUT2D eigenvalue weighted by Gasteiger charge is 2.23. The fourth-order valence-corrected chi connectivity index (χ4v) is 5.61. The first-order valence-corrected chi connectivity index (χ1v) is 12.0. The van der Waals surface area contributed by atoms with Crippen LogP contribution in [0.4, 0.5) is 0 Å². The lowest BCUT2D eigenvalue weighted by molar-refractivity contribution is 0.0315. The number of aromatic nitrogens is 3. The van der Waals surface area contributed by atoms with E-state index in [0.717, 1.165) is 25.2 Å². The lowest BCUT2D eigenvalue weighted by atomic mass is 10.1. The predicted molar refractivity (Wildman–Crippen MR) is 110 cm³/mol. The smallest absolute Gasteiger partial charge is 0.243 e. The zero-order valence-corrected chi connectivity index (χ0v) is 17.9. The summed E-state index contributed by atoms with van der Waals surface area (Å²) in [4.78, 5) is 0.224. The number of thioether (sulfide) groups is 1. The van der Waals surface area contributed by atoms with Crippen molar-refractivity contribution in [2.24, 2.45) is 0 Å². The number of benzene rings is 1. The Morgan fingerprint density at radius 3 is 2.75 bits per heavy atom. The van der Waals surface area contributed by atoms with Crippen molar-refractivity contribution < 1.29 is 13.2 Å². The molecule has 1 atom stereocenters. The van der Waals surface area contributed by atoms with E-state index in [1.54, 1.807) is 24.3 Å². The van der Waals surface area contributed by atoms with E-state index in [1.165, 1.54) is 27.2 Å². The lowest BCUT2D eigenvalue weighted by Crippen LogP contribution is -2.30. The van der Waals surface area contributed by atoms with Gasteiger partial charge in [-0.3, -0.25) is 0 Å². The molecule has 1 saturated heterocycles. The molecule has 1 aromatic carbocycles. The van der Waals surface area contributed by atoms with Crippen LogP contribution < -0.4 is 5.84 Å². The first-order chi connectivity index (χ1) is 13.5. The van der Waals surface area contributed by atoms with Gasteiger partial charge in [0, 0.05) is 31.0 Å². The van der Waals surface area contributed by atoms with Gasteiger partial charge in [0.1, 0.15) is 0 Å². The summed E-state index contributed by atoms with van der Waals surface area (Å²) in [5, 5.41) is 8.93. The quantitative estimate of drug-likeness (QED) is 0.511. The number of nitrogens with two attached hydrogens (primary N) is 1. The van der Waals surface area contributed by atoms with Crippen LogP contribution in [-0.4, -0.2) is 59.1 Å². The van der Waals surface area contributed by atoms with E-state index >= 15 is 0 Å². The third kappa shape index (κ3) is 4.51. The average molecular weight is 426 g/mol. The Morgan fingerprint density at radius 1 is 1.29 bits per heavy atom. The van der Waals surface area contributed by atoms with Gasteiger partial charge < -0.3 is 10.6 Å². The van der Waals surface area contributed by atoms with Crippen molar-refractivity contribution in [2.45, 2.75) is 49.3 Å². The van der Waals surface area contributed by atoms with E-state index in [4.69, 9.17) is 10.6 Å². The van der Waals surface area contributed by atoms with Gasteiger partial charge in [-0.1, -0.05) is 37.7 Å². The Bertz CT molecular complexity index is 890. The summed E-state index contributed by atoms with van der Waals surface area (Å²) < 4.78 is 34.1. The number of nitrogens with zero attached hydrogens (tertiary/aromatic N) is 4. The number of sulfonamides is 1. The van der Waals surface area contributed by atoms with Gasteiger partial charge >= 0.3 is 0 Å². The maximum Gasteiger partial charge on any atom is 0.243 e. The minimum Gasteiger partial charge on any atom is -0.377 e. The Hall–Kier alpha value is -1.62. The SMILES string of the molecule is CCN(CC)S(=O)(=O)c1cccc(-c2nnc(SCC3CCCCO3)n2N)c1. The van der Waals surface area contributed by atoms with Crippen LogP contribution in [0.25, 0.3) is 11.4 Å². The topological polar surface area (TPSA) is 103 Å². The molecule has 0 saturated carbocycles. The number of hydrogen-bond donors (Lipinski definition) is 1. The molecule has 1 fully saturated rings. The van der Waals surface area contributed by atoms with E-state index in [9.17, 15) is 8.42 Å². The minimum atomic E-state index is -3.55. The Labute approximate surface area is 170 Å². The van der Waals surface area contributed by atoms with Crippen molar-refractivity contribution in [1.29, 1.82) is 0 Å². The normalized spacial score (nSPS) is 17.9. The molecule has 1 unspecified atom stereocenters. The largest absolute Gasteiger partial charge is 0.377 e. The zero-order valence-electron chi connectivity index (χ0n) is 16.2. The van der Waals surface area contributed by atoms with Crippen LogP contribution in [0.2, 0.25) is 0 Å². The molecule has 28 heavy (non-hydrogen) atoms. The fraction of sp³-hybridized carbons (Fsp3) is 0.556. The van der Waals surface area contributed by atoms with Crippen LogP contribution in [-0.2, 0) is 14.8 Å².